The van der Waals surface area contributed by atoms with Gasteiger partial charge in [0.25, 0.3) is 0 Å². The molecule has 0 aliphatic heterocycles. The maximum atomic E-state index is 14.2. The Morgan fingerprint density at radius 3 is 1.09 bits per heavy atom. The molecule has 0 amide bonds. The summed E-state index contributed by atoms with van der Waals surface area (Å²) in [5.74, 6) is 0. The zero-order valence-electron chi connectivity index (χ0n) is 22.6. The minimum atomic E-state index is -5.08. The predicted octanol–water partition coefficient (Wildman–Crippen LogP) is 7.89. The Labute approximate surface area is 251 Å². The van der Waals surface area contributed by atoms with Crippen LogP contribution >= 0.6 is 0 Å². The molecule has 0 N–H and O–H groups in total. The Bertz CT molecular complexity index is 2040. The molecule has 1 aliphatic rings. The van der Waals surface area contributed by atoms with Gasteiger partial charge in [-0.1, -0.05) is 18.2 Å². The predicted molar refractivity (Wildman–Crippen MR) is 146 cm³/mol. The van der Waals surface area contributed by atoms with Gasteiger partial charge in [0.1, 0.15) is 18.2 Å². The van der Waals surface area contributed by atoms with E-state index in [-0.39, 0.29) is 44.5 Å². The van der Waals surface area contributed by atoms with Crippen LogP contribution in [0.3, 0.4) is 0 Å². The van der Waals surface area contributed by atoms with Crippen molar-refractivity contribution in [2.24, 2.45) is 0 Å². The van der Waals surface area contributed by atoms with Crippen LogP contribution < -0.4 is 0 Å². The number of nitriles is 6. The molecule has 45 heavy (non-hydrogen) atoms. The van der Waals surface area contributed by atoms with Gasteiger partial charge in [0.05, 0.1) is 62.7 Å². The van der Waals surface area contributed by atoms with E-state index in [4.69, 9.17) is 10.5 Å². The van der Waals surface area contributed by atoms with Crippen LogP contribution in [0.4, 0.5) is 26.3 Å². The first kappa shape index (κ1) is 31.3. The first-order valence-corrected chi connectivity index (χ1v) is 12.4. The van der Waals surface area contributed by atoms with Gasteiger partial charge in [0.2, 0.25) is 0 Å². The maximum Gasteiger partial charge on any atom is 0.417 e. The molecule has 216 valence electrons. The average Bonchev–Trinajstić information content (AvgIpc) is 3.71. The highest BCUT2D eigenvalue weighted by Gasteiger charge is 2.45. The monoisotopic (exact) mass is 606 g/mol. The first-order chi connectivity index (χ1) is 21.2. The Morgan fingerprint density at radius 2 is 0.800 bits per heavy atom. The molecule has 0 heterocycles. The van der Waals surface area contributed by atoms with Gasteiger partial charge in [-0.3, -0.25) is 0 Å². The smallest absolute Gasteiger partial charge is 0.192 e. The Kier molecular flexibility index (Phi) is 8.07. The molecule has 3 aromatic rings. The molecule has 0 saturated heterocycles. The van der Waals surface area contributed by atoms with Crippen molar-refractivity contribution in [1.82, 2.24) is 0 Å². The Morgan fingerprint density at radius 1 is 0.489 bits per heavy atom. The van der Waals surface area contributed by atoms with Gasteiger partial charge >= 0.3 is 12.4 Å². The molecule has 1 aliphatic carbocycles. The van der Waals surface area contributed by atoms with Gasteiger partial charge in [0, 0.05) is 27.8 Å². The lowest BCUT2D eigenvalue weighted by Crippen LogP contribution is -2.09. The van der Waals surface area contributed by atoms with Gasteiger partial charge in [-0.25, -0.2) is 0 Å². The van der Waals surface area contributed by atoms with Crippen LogP contribution in [0.1, 0.15) is 50.1 Å². The minimum Gasteiger partial charge on any atom is -0.192 e. The molecule has 0 aromatic heterocycles. The molecule has 6 nitrogen and oxygen atoms in total. The number of nitrogens with zero attached hydrogens (tertiary/aromatic N) is 6. The summed E-state index contributed by atoms with van der Waals surface area (Å²) < 4.78 is 84.9. The van der Waals surface area contributed by atoms with E-state index in [0.29, 0.717) is 17.7 Å². The largest absolute Gasteiger partial charge is 0.417 e. The summed E-state index contributed by atoms with van der Waals surface area (Å²) in [5.41, 5.74) is -6.96. The summed E-state index contributed by atoms with van der Waals surface area (Å²) in [4.78, 5) is 0. The van der Waals surface area contributed by atoms with Crippen molar-refractivity contribution in [2.45, 2.75) is 19.3 Å². The zero-order chi connectivity index (χ0) is 33.3. The van der Waals surface area contributed by atoms with Crippen molar-refractivity contribution in [3.05, 3.63) is 121 Å². The lowest BCUT2D eigenvalue weighted by atomic mass is 9.95. The summed E-state index contributed by atoms with van der Waals surface area (Å²) in [6.07, 6.45) is -10.2. The van der Waals surface area contributed by atoms with Crippen LogP contribution in [-0.4, -0.2) is 0 Å². The highest BCUT2D eigenvalue weighted by molar-refractivity contribution is 6.12. The fourth-order valence-electron chi connectivity index (χ4n) is 4.84. The Balaban J connectivity index is 2.24. The second-order valence-corrected chi connectivity index (χ2v) is 9.47. The van der Waals surface area contributed by atoms with Gasteiger partial charge in [-0.15, -0.1) is 0 Å². The molecule has 0 atom stereocenters. The molecular weight excluding hydrogens is 594 g/mol. The molecule has 1 saturated carbocycles. The van der Waals surface area contributed by atoms with E-state index >= 15 is 0 Å². The number of hydrogen-bond donors (Lipinski definition) is 0. The minimum absolute atomic E-state index is 0.153. The second-order valence-electron chi connectivity index (χ2n) is 9.47. The van der Waals surface area contributed by atoms with E-state index in [0.717, 1.165) is 24.3 Å². The average molecular weight is 606 g/mol. The van der Waals surface area contributed by atoms with Crippen molar-refractivity contribution < 1.29 is 26.3 Å². The molecule has 0 bridgehead atoms. The molecule has 3 aromatic carbocycles. The van der Waals surface area contributed by atoms with Crippen LogP contribution in [0.25, 0.3) is 16.7 Å². The van der Waals surface area contributed by atoms with Crippen molar-refractivity contribution in [3.8, 4) is 36.4 Å². The van der Waals surface area contributed by atoms with Crippen LogP contribution in [0.2, 0.25) is 0 Å². The van der Waals surface area contributed by atoms with E-state index in [1.54, 1.807) is 24.3 Å². The molecule has 0 radical (unpaired) electrons. The fourth-order valence-corrected chi connectivity index (χ4v) is 4.84. The number of benzene rings is 3. The van der Waals surface area contributed by atoms with E-state index in [9.17, 15) is 47.4 Å². The molecule has 12 heteroatoms. The standard InChI is InChI=1S/C33H12F6N6/c1-17-8-18(11-40)2-5-21(17)24(14-43)29-30(25(15-44)22-6-3-19(12-41)9-27(22)32(34,35)36)31(29)26(16-45)23-7-4-20(13-42)10-28(23)33(37,38)39/h2-10H,1H3/b29-24-,30-25?,31-26-. The highest BCUT2D eigenvalue weighted by atomic mass is 19.4. The van der Waals surface area contributed by atoms with Crippen LogP contribution in [-0.2, 0) is 12.4 Å². The molecule has 1 fully saturated rings. The molecule has 0 spiro atoms. The van der Waals surface area contributed by atoms with E-state index in [2.05, 4.69) is 0 Å². The fraction of sp³-hybridized carbons (Fsp3) is 0.0909. The number of alkyl halides is 6. The van der Waals surface area contributed by atoms with Crippen molar-refractivity contribution >= 4 is 16.7 Å². The summed E-state index contributed by atoms with van der Waals surface area (Å²) in [6, 6.07) is 19.1. The lowest BCUT2D eigenvalue weighted by molar-refractivity contribution is -0.138. The van der Waals surface area contributed by atoms with Crippen molar-refractivity contribution in [2.75, 3.05) is 0 Å². The van der Waals surface area contributed by atoms with E-state index in [1.165, 1.54) is 25.1 Å². The lowest BCUT2D eigenvalue weighted by Gasteiger charge is -2.13. The third-order valence-corrected chi connectivity index (χ3v) is 6.84. The molecule has 4 rings (SSSR count). The van der Waals surface area contributed by atoms with Crippen LogP contribution in [0, 0.1) is 74.9 Å². The number of halogens is 6. The number of aryl methyl sites for hydroxylation is 1. The quantitative estimate of drug-likeness (QED) is 0.219. The number of rotatable bonds is 3. The summed E-state index contributed by atoms with van der Waals surface area (Å²) >= 11 is 0. The SMILES string of the molecule is Cc1cc(C#N)ccc1/C(C#N)=C1/C(=C(C#N)c2ccc(C#N)cc2C(F)(F)F)/C1=C(/C#N)c1ccc(C#N)cc1C(F)(F)F. The van der Waals surface area contributed by atoms with Gasteiger partial charge in [-0.2, -0.15) is 57.9 Å². The molecule has 0 unspecified atom stereocenters. The number of allylic oxidation sites excluding steroid dienone is 6. The third-order valence-electron chi connectivity index (χ3n) is 6.84. The Hall–Kier alpha value is -6.60. The van der Waals surface area contributed by atoms with Gasteiger partial charge < -0.3 is 0 Å². The first-order valence-electron chi connectivity index (χ1n) is 12.4. The summed E-state index contributed by atoms with van der Waals surface area (Å²) in [7, 11) is 0. The zero-order valence-corrected chi connectivity index (χ0v) is 22.6. The van der Waals surface area contributed by atoms with Crippen LogP contribution in [0.5, 0.6) is 0 Å². The highest BCUT2D eigenvalue weighted by Crippen LogP contribution is 2.57. The maximum absolute atomic E-state index is 14.2. The van der Waals surface area contributed by atoms with Crippen molar-refractivity contribution in [1.29, 1.82) is 31.6 Å². The third kappa shape index (κ3) is 5.74. The molecular formula is C33H12F6N6. The normalized spacial score (nSPS) is 15.7. The van der Waals surface area contributed by atoms with Crippen LogP contribution in [0.15, 0.2) is 71.3 Å². The van der Waals surface area contributed by atoms with Gasteiger partial charge in [0.15, 0.2) is 0 Å². The van der Waals surface area contributed by atoms with Gasteiger partial charge in [-0.05, 0) is 54.4 Å². The summed E-state index contributed by atoms with van der Waals surface area (Å²) in [5, 5.41) is 58.1. The number of hydrogen-bond acceptors (Lipinski definition) is 6. The van der Waals surface area contributed by atoms with E-state index < -0.39 is 45.8 Å². The second kappa shape index (κ2) is 11.6. The van der Waals surface area contributed by atoms with E-state index in [1.807, 2.05) is 12.1 Å². The summed E-state index contributed by atoms with van der Waals surface area (Å²) in [6.45, 7) is 1.52. The van der Waals surface area contributed by atoms with Crippen molar-refractivity contribution in [3.63, 3.8) is 0 Å². The topological polar surface area (TPSA) is 143 Å².